The van der Waals surface area contributed by atoms with Gasteiger partial charge in [0.2, 0.25) is 0 Å². The van der Waals surface area contributed by atoms with Crippen molar-refractivity contribution in [3.05, 3.63) is 0 Å². The molecule has 0 saturated carbocycles. The highest BCUT2D eigenvalue weighted by atomic mass is 31.2. The van der Waals surface area contributed by atoms with Gasteiger partial charge in [-0.1, -0.05) is 0 Å². The summed E-state index contributed by atoms with van der Waals surface area (Å²) in [7, 11) is -3.99. The second kappa shape index (κ2) is 9.25. The average molecular weight is 336 g/mol. The highest BCUT2D eigenvalue weighted by Crippen LogP contribution is 2.52. The first-order chi connectivity index (χ1) is 9.24. The van der Waals surface area contributed by atoms with Crippen LogP contribution in [0.5, 0.6) is 0 Å². The van der Waals surface area contributed by atoms with Crippen LogP contribution in [0.25, 0.3) is 0 Å². The molecule has 0 bridgehead atoms. The lowest BCUT2D eigenvalue weighted by Crippen LogP contribution is -2.18. The number of rotatable bonds is 11. The van der Waals surface area contributed by atoms with Crippen LogP contribution in [0.15, 0.2) is 0 Å². The third-order valence-electron chi connectivity index (χ3n) is 2.01. The summed E-state index contributed by atoms with van der Waals surface area (Å²) in [5.74, 6) is 0. The van der Waals surface area contributed by atoms with E-state index in [-0.39, 0.29) is 13.2 Å². The van der Waals surface area contributed by atoms with Crippen molar-refractivity contribution in [1.82, 2.24) is 0 Å². The van der Waals surface area contributed by atoms with Gasteiger partial charge >= 0.3 is 15.6 Å². The van der Waals surface area contributed by atoms with Gasteiger partial charge < -0.3 is 5.11 Å². The largest absolute Gasteiger partial charge is 0.474 e. The topological polar surface area (TPSA) is 110 Å². The van der Waals surface area contributed by atoms with E-state index in [1.165, 1.54) is 28.1 Å². The Morgan fingerprint density at radius 3 is 1.75 bits per heavy atom. The number of hydrogen-bond donors (Lipinski definition) is 1. The molecule has 0 aromatic carbocycles. The summed E-state index contributed by atoms with van der Waals surface area (Å²) in [6.07, 6.45) is -1.47. The highest BCUT2D eigenvalue weighted by molar-refractivity contribution is 7.48. The van der Waals surface area contributed by atoms with Crippen LogP contribution in [0.3, 0.4) is 0 Å². The van der Waals surface area contributed by atoms with Gasteiger partial charge in [0.15, 0.2) is 0 Å². The fourth-order valence-electron chi connectivity index (χ4n) is 0.988. The lowest BCUT2D eigenvalue weighted by Gasteiger charge is -2.22. The van der Waals surface area contributed by atoms with Crippen molar-refractivity contribution in [1.29, 1.82) is 0 Å². The molecule has 0 rings (SSSR count). The van der Waals surface area contributed by atoms with Gasteiger partial charge in [-0.2, -0.15) is 0 Å². The van der Waals surface area contributed by atoms with E-state index in [1.807, 2.05) is 0 Å². The molecule has 20 heavy (non-hydrogen) atoms. The predicted octanol–water partition coefficient (Wildman–Crippen LogP) is 1.96. The van der Waals surface area contributed by atoms with E-state index < -0.39 is 27.9 Å². The summed E-state index contributed by atoms with van der Waals surface area (Å²) in [6, 6.07) is 0. The monoisotopic (exact) mass is 336 g/mol. The van der Waals surface area contributed by atoms with Crippen LogP contribution in [0.1, 0.15) is 13.8 Å². The van der Waals surface area contributed by atoms with Crippen LogP contribution in [0, 0.1) is 0 Å². The summed E-state index contributed by atoms with van der Waals surface area (Å²) >= 11 is 0. The summed E-state index contributed by atoms with van der Waals surface area (Å²) in [4.78, 5) is 0. The van der Waals surface area contributed by atoms with E-state index >= 15 is 0 Å². The van der Waals surface area contributed by atoms with Gasteiger partial charge in [-0.3, -0.25) is 27.1 Å². The van der Waals surface area contributed by atoms with Gasteiger partial charge in [0.05, 0.1) is 25.4 Å². The van der Waals surface area contributed by atoms with Crippen LogP contribution >= 0.6 is 15.6 Å². The van der Waals surface area contributed by atoms with Gasteiger partial charge in [0.25, 0.3) is 0 Å². The van der Waals surface area contributed by atoms with Crippen molar-refractivity contribution < 1.29 is 41.4 Å². The SMILES string of the molecule is COP(=O)(OC)OC(C)COP(=O)(OC)OC(C)CO. The first-order valence-electron chi connectivity index (χ1n) is 5.73. The van der Waals surface area contributed by atoms with Crippen LogP contribution in [-0.2, 0) is 36.3 Å². The maximum Gasteiger partial charge on any atom is 0.474 e. The molecule has 0 heterocycles. The van der Waals surface area contributed by atoms with Crippen molar-refractivity contribution >= 4 is 15.6 Å². The van der Waals surface area contributed by atoms with Gasteiger partial charge in [-0.05, 0) is 13.8 Å². The summed E-state index contributed by atoms with van der Waals surface area (Å²) in [5.41, 5.74) is 0. The molecule has 3 atom stereocenters. The van der Waals surface area contributed by atoms with Gasteiger partial charge in [0, 0.05) is 21.3 Å². The number of aliphatic hydroxyl groups is 1. The van der Waals surface area contributed by atoms with Crippen molar-refractivity contribution in [3.63, 3.8) is 0 Å². The van der Waals surface area contributed by atoms with E-state index in [0.717, 1.165) is 7.11 Å². The minimum atomic E-state index is -3.82. The first kappa shape index (κ1) is 20.2. The number of hydrogen-bond acceptors (Lipinski definition) is 9. The molecular weight excluding hydrogens is 314 g/mol. The Kier molecular flexibility index (Phi) is 9.33. The van der Waals surface area contributed by atoms with Crippen molar-refractivity contribution in [2.75, 3.05) is 34.5 Å². The van der Waals surface area contributed by atoms with E-state index in [0.29, 0.717) is 0 Å². The fraction of sp³-hybridized carbons (Fsp3) is 1.00. The van der Waals surface area contributed by atoms with Gasteiger partial charge in [-0.25, -0.2) is 9.13 Å². The molecule has 0 fully saturated rings. The van der Waals surface area contributed by atoms with Crippen LogP contribution in [-0.4, -0.2) is 51.9 Å². The molecule has 0 aromatic heterocycles. The zero-order chi connectivity index (χ0) is 15.8. The lowest BCUT2D eigenvalue weighted by molar-refractivity contribution is 0.0370. The first-order valence-corrected chi connectivity index (χ1v) is 8.65. The summed E-state index contributed by atoms with van der Waals surface area (Å²) in [6.45, 7) is 2.43. The molecule has 0 aliphatic rings. The third kappa shape index (κ3) is 7.26. The quantitative estimate of drug-likeness (QED) is 0.566. The molecule has 0 aliphatic heterocycles. The molecule has 0 saturated heterocycles. The van der Waals surface area contributed by atoms with E-state index in [2.05, 4.69) is 13.6 Å². The Labute approximate surface area is 118 Å². The summed E-state index contributed by atoms with van der Waals surface area (Å²) in [5, 5.41) is 8.84. The third-order valence-corrected chi connectivity index (χ3v) is 5.06. The van der Waals surface area contributed by atoms with E-state index in [4.69, 9.17) is 18.7 Å². The van der Waals surface area contributed by atoms with Crippen LogP contribution in [0.2, 0.25) is 0 Å². The second-order valence-corrected chi connectivity index (χ2v) is 7.32. The minimum Gasteiger partial charge on any atom is -0.394 e. The molecular formula is C9H22O9P2. The van der Waals surface area contributed by atoms with Gasteiger partial charge in [0.1, 0.15) is 0 Å². The number of phosphoric ester groups is 2. The fourth-order valence-corrected chi connectivity index (χ4v) is 2.96. The maximum absolute atomic E-state index is 12.0. The predicted molar refractivity (Wildman–Crippen MR) is 70.4 cm³/mol. The average Bonchev–Trinajstić information content (AvgIpc) is 2.44. The molecule has 0 radical (unpaired) electrons. The maximum atomic E-state index is 12.0. The van der Waals surface area contributed by atoms with Crippen molar-refractivity contribution in [2.45, 2.75) is 26.1 Å². The number of aliphatic hydroxyl groups excluding tert-OH is 1. The molecule has 3 unspecified atom stereocenters. The second-order valence-electron chi connectivity index (χ2n) is 3.75. The normalized spacial score (nSPS) is 18.5. The Morgan fingerprint density at radius 2 is 1.35 bits per heavy atom. The molecule has 0 spiro atoms. The Hall–Kier alpha value is 0.180. The molecule has 0 aromatic rings. The molecule has 0 amide bonds. The zero-order valence-electron chi connectivity index (χ0n) is 12.2. The zero-order valence-corrected chi connectivity index (χ0v) is 14.0. The summed E-state index contributed by atoms with van der Waals surface area (Å²) < 4.78 is 52.5. The Morgan fingerprint density at radius 1 is 0.900 bits per heavy atom. The van der Waals surface area contributed by atoms with E-state index in [9.17, 15) is 9.13 Å². The minimum absolute atomic E-state index is 0.236. The molecule has 1 N–H and O–H groups in total. The van der Waals surface area contributed by atoms with Crippen LogP contribution < -0.4 is 0 Å². The van der Waals surface area contributed by atoms with Crippen molar-refractivity contribution in [3.8, 4) is 0 Å². The smallest absolute Gasteiger partial charge is 0.394 e. The van der Waals surface area contributed by atoms with Crippen LogP contribution in [0.4, 0.5) is 0 Å². The highest BCUT2D eigenvalue weighted by Gasteiger charge is 2.31. The van der Waals surface area contributed by atoms with Gasteiger partial charge in [-0.15, -0.1) is 0 Å². The molecule has 122 valence electrons. The Bertz CT molecular complexity index is 353. The number of phosphoric acid groups is 2. The molecule has 0 aliphatic carbocycles. The molecule has 9 nitrogen and oxygen atoms in total. The van der Waals surface area contributed by atoms with Crippen molar-refractivity contribution in [2.24, 2.45) is 0 Å². The molecule has 11 heteroatoms. The Balaban J connectivity index is 4.43. The van der Waals surface area contributed by atoms with E-state index in [1.54, 1.807) is 0 Å². The lowest BCUT2D eigenvalue weighted by atomic mass is 10.5. The standard InChI is InChI=1S/C9H22O9P2/c1-8(6-10)17-20(12,15-5)16-7-9(2)18-19(11,13-3)14-4/h8-10H,6-7H2,1-5H3.